The molecule has 134 valence electrons. The summed E-state index contributed by atoms with van der Waals surface area (Å²) >= 11 is 0. The van der Waals surface area contributed by atoms with Crippen LogP contribution in [0.3, 0.4) is 0 Å². The summed E-state index contributed by atoms with van der Waals surface area (Å²) in [5.74, 6) is 1.54. The Balaban J connectivity index is 1.50. The van der Waals surface area contributed by atoms with Crippen LogP contribution in [-0.4, -0.2) is 63.3 Å². The van der Waals surface area contributed by atoms with Gasteiger partial charge in [-0.15, -0.1) is 0 Å². The Morgan fingerprint density at radius 3 is 2.60 bits per heavy atom. The summed E-state index contributed by atoms with van der Waals surface area (Å²) in [4.78, 5) is 25.2. The third-order valence-corrected chi connectivity index (χ3v) is 4.18. The molecule has 1 fully saturated rings. The van der Waals surface area contributed by atoms with Gasteiger partial charge in [0.1, 0.15) is 5.82 Å². The summed E-state index contributed by atoms with van der Waals surface area (Å²) in [6.45, 7) is 8.51. The topological polar surface area (TPSA) is 79.2 Å². The normalized spacial score (nSPS) is 15.4. The Morgan fingerprint density at radius 2 is 1.92 bits per heavy atom. The third-order valence-electron chi connectivity index (χ3n) is 4.18. The minimum absolute atomic E-state index is 0.00154. The van der Waals surface area contributed by atoms with Gasteiger partial charge in [-0.1, -0.05) is 6.92 Å². The van der Waals surface area contributed by atoms with Crippen molar-refractivity contribution in [3.05, 3.63) is 30.2 Å². The number of rotatable bonds is 6. The molecule has 1 amide bonds. The highest BCUT2D eigenvalue weighted by atomic mass is 16.2. The molecule has 0 spiro atoms. The highest BCUT2D eigenvalue weighted by molar-refractivity contribution is 5.91. The first-order chi connectivity index (χ1) is 12.2. The van der Waals surface area contributed by atoms with Gasteiger partial charge in [-0.3, -0.25) is 9.69 Å². The molecule has 0 radical (unpaired) electrons. The lowest BCUT2D eigenvalue weighted by atomic mass is 10.3. The lowest BCUT2D eigenvalue weighted by Gasteiger charge is -2.34. The Labute approximate surface area is 147 Å². The van der Waals surface area contributed by atoms with E-state index in [2.05, 4.69) is 37.1 Å². The summed E-state index contributed by atoms with van der Waals surface area (Å²) in [5.41, 5.74) is 0.917. The standard InChI is InChI=1S/C17H25N7O/c1-3-7-24-15(12-14(2)21-24)20-16(25)13-22-8-10-23(11-9-22)17-18-5-4-6-19-17/h4-6,12H,3,7-11,13H2,1-2H3,(H,20,25). The molecule has 1 aliphatic heterocycles. The van der Waals surface area contributed by atoms with E-state index >= 15 is 0 Å². The number of nitrogens with one attached hydrogen (secondary N) is 1. The highest BCUT2D eigenvalue weighted by Gasteiger charge is 2.21. The van der Waals surface area contributed by atoms with Crippen molar-refractivity contribution in [1.82, 2.24) is 24.6 Å². The molecular weight excluding hydrogens is 318 g/mol. The van der Waals surface area contributed by atoms with Gasteiger partial charge in [0.15, 0.2) is 0 Å². The largest absolute Gasteiger partial charge is 0.338 e. The van der Waals surface area contributed by atoms with E-state index in [4.69, 9.17) is 0 Å². The molecular formula is C17H25N7O. The number of anilines is 2. The van der Waals surface area contributed by atoms with E-state index in [1.807, 2.05) is 23.7 Å². The van der Waals surface area contributed by atoms with Crippen LogP contribution in [-0.2, 0) is 11.3 Å². The molecule has 8 nitrogen and oxygen atoms in total. The van der Waals surface area contributed by atoms with Crippen LogP contribution in [0.2, 0.25) is 0 Å². The first-order valence-electron chi connectivity index (χ1n) is 8.74. The molecule has 0 aliphatic carbocycles. The number of amides is 1. The summed E-state index contributed by atoms with van der Waals surface area (Å²) in [7, 11) is 0. The monoisotopic (exact) mass is 343 g/mol. The number of piperazine rings is 1. The second kappa shape index (κ2) is 8.06. The van der Waals surface area contributed by atoms with E-state index in [-0.39, 0.29) is 5.91 Å². The molecule has 2 aromatic rings. The molecule has 2 aromatic heterocycles. The molecule has 1 saturated heterocycles. The summed E-state index contributed by atoms with van der Waals surface area (Å²) in [5, 5.41) is 7.40. The molecule has 0 bridgehead atoms. The first-order valence-corrected chi connectivity index (χ1v) is 8.74. The Hall–Kier alpha value is -2.48. The quantitative estimate of drug-likeness (QED) is 0.848. The van der Waals surface area contributed by atoms with Gasteiger partial charge in [-0.05, 0) is 19.4 Å². The zero-order valence-electron chi connectivity index (χ0n) is 14.9. The SMILES string of the molecule is CCCn1nc(C)cc1NC(=O)CN1CCN(c2ncccn2)CC1. The summed E-state index contributed by atoms with van der Waals surface area (Å²) < 4.78 is 1.86. The lowest BCUT2D eigenvalue weighted by molar-refractivity contribution is -0.117. The molecule has 25 heavy (non-hydrogen) atoms. The smallest absolute Gasteiger partial charge is 0.239 e. The Kier molecular flexibility index (Phi) is 5.60. The van der Waals surface area contributed by atoms with Gasteiger partial charge in [0, 0.05) is 51.2 Å². The summed E-state index contributed by atoms with van der Waals surface area (Å²) in [6, 6.07) is 3.73. The van der Waals surface area contributed by atoms with Gasteiger partial charge in [-0.25, -0.2) is 14.6 Å². The van der Waals surface area contributed by atoms with E-state index in [1.54, 1.807) is 12.4 Å². The molecule has 0 unspecified atom stereocenters. The molecule has 8 heteroatoms. The average Bonchev–Trinajstić information content (AvgIpc) is 2.95. The molecule has 3 rings (SSSR count). The number of nitrogens with zero attached hydrogens (tertiary/aromatic N) is 6. The zero-order valence-corrected chi connectivity index (χ0v) is 14.9. The van der Waals surface area contributed by atoms with Crippen LogP contribution in [0.15, 0.2) is 24.5 Å². The van der Waals surface area contributed by atoms with E-state index in [9.17, 15) is 4.79 Å². The fraction of sp³-hybridized carbons (Fsp3) is 0.529. The number of carbonyl (C=O) groups excluding carboxylic acids is 1. The van der Waals surface area contributed by atoms with E-state index in [0.717, 1.165) is 56.6 Å². The average molecular weight is 343 g/mol. The van der Waals surface area contributed by atoms with E-state index in [0.29, 0.717) is 6.54 Å². The maximum atomic E-state index is 12.4. The fourth-order valence-corrected chi connectivity index (χ4v) is 2.97. The molecule has 0 aromatic carbocycles. The maximum Gasteiger partial charge on any atom is 0.239 e. The number of aryl methyl sites for hydroxylation is 2. The maximum absolute atomic E-state index is 12.4. The van der Waals surface area contributed by atoms with Crippen LogP contribution in [0.1, 0.15) is 19.0 Å². The predicted molar refractivity (Wildman–Crippen MR) is 96.6 cm³/mol. The van der Waals surface area contributed by atoms with Crippen molar-refractivity contribution in [2.24, 2.45) is 0 Å². The molecule has 0 saturated carbocycles. The molecule has 1 N–H and O–H groups in total. The van der Waals surface area contributed by atoms with Crippen molar-refractivity contribution >= 4 is 17.7 Å². The van der Waals surface area contributed by atoms with Crippen molar-refractivity contribution in [2.45, 2.75) is 26.8 Å². The van der Waals surface area contributed by atoms with Gasteiger partial charge in [0.25, 0.3) is 0 Å². The van der Waals surface area contributed by atoms with Crippen LogP contribution in [0.5, 0.6) is 0 Å². The summed E-state index contributed by atoms with van der Waals surface area (Å²) in [6.07, 6.45) is 4.49. The minimum Gasteiger partial charge on any atom is -0.338 e. The van der Waals surface area contributed by atoms with Gasteiger partial charge >= 0.3 is 0 Å². The number of aromatic nitrogens is 4. The second-order valence-corrected chi connectivity index (χ2v) is 6.25. The van der Waals surface area contributed by atoms with Gasteiger partial charge in [0.05, 0.1) is 12.2 Å². The number of hydrogen-bond acceptors (Lipinski definition) is 6. The van der Waals surface area contributed by atoms with Crippen LogP contribution in [0.25, 0.3) is 0 Å². The third kappa shape index (κ3) is 4.54. The lowest BCUT2D eigenvalue weighted by Crippen LogP contribution is -2.49. The van der Waals surface area contributed by atoms with Gasteiger partial charge < -0.3 is 10.2 Å². The van der Waals surface area contributed by atoms with Crippen LogP contribution in [0.4, 0.5) is 11.8 Å². The highest BCUT2D eigenvalue weighted by Crippen LogP contribution is 2.12. The zero-order chi connectivity index (χ0) is 17.6. The predicted octanol–water partition coefficient (Wildman–Crippen LogP) is 1.15. The second-order valence-electron chi connectivity index (χ2n) is 6.25. The van der Waals surface area contributed by atoms with Crippen LogP contribution < -0.4 is 10.2 Å². The van der Waals surface area contributed by atoms with Crippen LogP contribution >= 0.6 is 0 Å². The fourth-order valence-electron chi connectivity index (χ4n) is 2.97. The first kappa shape index (κ1) is 17.3. The van der Waals surface area contributed by atoms with E-state index < -0.39 is 0 Å². The van der Waals surface area contributed by atoms with Crippen LogP contribution in [0, 0.1) is 6.92 Å². The van der Waals surface area contributed by atoms with Crippen molar-refractivity contribution in [3.8, 4) is 0 Å². The van der Waals surface area contributed by atoms with Crippen molar-refractivity contribution in [1.29, 1.82) is 0 Å². The number of carbonyl (C=O) groups is 1. The molecule has 0 atom stereocenters. The Morgan fingerprint density at radius 1 is 1.20 bits per heavy atom. The van der Waals surface area contributed by atoms with Crippen molar-refractivity contribution in [3.63, 3.8) is 0 Å². The Bertz CT molecular complexity index is 692. The van der Waals surface area contributed by atoms with Gasteiger partial charge in [-0.2, -0.15) is 5.10 Å². The molecule has 3 heterocycles. The van der Waals surface area contributed by atoms with Crippen molar-refractivity contribution in [2.75, 3.05) is 42.9 Å². The van der Waals surface area contributed by atoms with Gasteiger partial charge in [0.2, 0.25) is 11.9 Å². The van der Waals surface area contributed by atoms with E-state index in [1.165, 1.54) is 0 Å². The molecule has 1 aliphatic rings. The van der Waals surface area contributed by atoms with Crippen molar-refractivity contribution < 1.29 is 4.79 Å². The number of hydrogen-bond donors (Lipinski definition) is 1. The minimum atomic E-state index is 0.00154.